The third-order valence-corrected chi connectivity index (χ3v) is 0. The smallest absolute Gasteiger partial charge is 0 e. The normalized spacial score (nSPS) is 0. The van der Waals surface area contributed by atoms with Gasteiger partial charge in [0, 0.05) is 84.5 Å². The van der Waals surface area contributed by atoms with E-state index in [1.54, 1.807) is 0 Å². The zero-order chi connectivity index (χ0) is 0. The molecule has 0 amide bonds. The maximum Gasteiger partial charge on any atom is 0 e. The molecular formula is H4CoFe2Li2MnNiO. The monoisotopic (exact) mass is 318 g/mol. The molecule has 0 heterocycles. The predicted molar refractivity (Wildman–Crippen MR) is 17.9 cm³/mol. The van der Waals surface area contributed by atoms with E-state index < -0.39 is 0 Å². The van der Waals surface area contributed by atoms with Gasteiger partial charge in [-0.3, -0.25) is 0 Å². The quantitative estimate of drug-likeness (QED) is 0.457. The van der Waals surface area contributed by atoms with Crippen molar-refractivity contribution in [3.63, 3.8) is 0 Å². The van der Waals surface area contributed by atoms with Crippen molar-refractivity contribution >= 4 is 37.7 Å². The largest absolute Gasteiger partial charge is 0 e. The average molecular weight is 318 g/mol. The third-order valence-electron chi connectivity index (χ3n) is 0. The van der Waals surface area contributed by atoms with Gasteiger partial charge in [-0.05, 0) is 0 Å². The third kappa shape index (κ3) is 53.5. The summed E-state index contributed by atoms with van der Waals surface area (Å²) >= 11 is 0. The Kier molecular flexibility index (Phi) is 893. The van der Waals surface area contributed by atoms with Gasteiger partial charge in [0.15, 0.2) is 0 Å². The molecule has 0 aliphatic carbocycles. The summed E-state index contributed by atoms with van der Waals surface area (Å²) in [7, 11) is 0. The fraction of sp³-hybridized carbons (Fsp3) is 0. The first-order valence-corrected chi connectivity index (χ1v) is 0. The summed E-state index contributed by atoms with van der Waals surface area (Å²) in [5.74, 6) is 0. The van der Waals surface area contributed by atoms with Crippen LogP contribution in [0, 0.1) is 0 Å². The van der Waals surface area contributed by atoms with Crippen LogP contribution in [0.3, 0.4) is 0 Å². The van der Waals surface area contributed by atoms with Crippen LogP contribution >= 0.6 is 0 Å². The summed E-state index contributed by atoms with van der Waals surface area (Å²) in [5, 5.41) is 0. The van der Waals surface area contributed by atoms with Crippen LogP contribution < -0.4 is 0 Å². The van der Waals surface area contributed by atoms with Gasteiger partial charge in [-0.1, -0.05) is 0 Å². The van der Waals surface area contributed by atoms with Crippen LogP contribution in [0.25, 0.3) is 0 Å². The van der Waals surface area contributed by atoms with Crippen molar-refractivity contribution in [2.75, 3.05) is 0 Å². The van der Waals surface area contributed by atoms with Crippen LogP contribution in [0.15, 0.2) is 0 Å². The molecule has 54 valence electrons. The van der Waals surface area contributed by atoms with E-state index >= 15 is 0 Å². The molecule has 0 aromatic heterocycles. The first-order chi connectivity index (χ1) is 0. The molecule has 0 fully saturated rings. The molecule has 0 aliphatic rings. The van der Waals surface area contributed by atoms with E-state index in [-0.39, 0.29) is 128 Å². The fourth-order valence-corrected chi connectivity index (χ4v) is 0. The summed E-state index contributed by atoms with van der Waals surface area (Å²) in [6.45, 7) is 0. The molecule has 2 N–H and O–H groups in total. The maximum atomic E-state index is 0. The topological polar surface area (TPSA) is 31.5 Å². The van der Waals surface area contributed by atoms with Crippen molar-refractivity contribution in [3.8, 4) is 0 Å². The molecule has 0 bridgehead atoms. The van der Waals surface area contributed by atoms with Crippen molar-refractivity contribution < 1.29 is 90.0 Å². The molecular weight excluding hydrogens is 314 g/mol. The van der Waals surface area contributed by atoms with Crippen molar-refractivity contribution in [3.05, 3.63) is 0 Å². The second-order valence-electron chi connectivity index (χ2n) is 0. The predicted octanol–water partition coefficient (Wildman–Crippen LogP) is -2.13. The van der Waals surface area contributed by atoms with E-state index in [0.29, 0.717) is 0 Å². The number of rotatable bonds is 0. The molecule has 0 aromatic carbocycles. The molecule has 8 heteroatoms. The fourth-order valence-electron chi connectivity index (χ4n) is 0. The molecule has 0 spiro atoms. The van der Waals surface area contributed by atoms with Gasteiger partial charge in [0.2, 0.25) is 0 Å². The van der Waals surface area contributed by atoms with Crippen molar-refractivity contribution in [2.24, 2.45) is 0 Å². The Morgan fingerprint density at radius 3 is 0.750 bits per heavy atom. The number of hydrogen-bond donors (Lipinski definition) is 0. The zero-order valence-corrected chi connectivity index (χ0v) is 7.65. The van der Waals surface area contributed by atoms with Crippen molar-refractivity contribution in [2.45, 2.75) is 0 Å². The Bertz CT molecular complexity index is 20.0. The minimum atomic E-state index is 0. The van der Waals surface area contributed by atoms with E-state index in [1.165, 1.54) is 0 Å². The Morgan fingerprint density at radius 2 is 0.750 bits per heavy atom. The Balaban J connectivity index is 0. The average Bonchev–Trinajstić information content (AvgIpc) is 0. The van der Waals surface area contributed by atoms with Gasteiger partial charge < -0.3 is 5.48 Å². The molecule has 0 saturated heterocycles. The molecule has 0 rings (SSSR count). The van der Waals surface area contributed by atoms with Crippen LogP contribution in [0.1, 0.15) is 0 Å². The summed E-state index contributed by atoms with van der Waals surface area (Å²) in [6, 6.07) is 0. The Hall–Kier alpha value is 3.71. The van der Waals surface area contributed by atoms with Gasteiger partial charge in [0.25, 0.3) is 0 Å². The van der Waals surface area contributed by atoms with Gasteiger partial charge in [0.05, 0.1) is 0 Å². The molecule has 0 aliphatic heterocycles. The maximum absolute atomic E-state index is 0. The first kappa shape index (κ1) is 97.5. The van der Waals surface area contributed by atoms with E-state index in [1.807, 2.05) is 0 Å². The second kappa shape index (κ2) is 73.3. The van der Waals surface area contributed by atoms with E-state index in [9.17, 15) is 0 Å². The van der Waals surface area contributed by atoms with Crippen LogP contribution in [0.5, 0.6) is 0 Å². The van der Waals surface area contributed by atoms with Crippen LogP contribution in [-0.2, 0) is 84.5 Å². The standard InChI is InChI=1S/Co.2Fe.2Li.Mn.Ni.H2O.2H/h;;;;;;;1H2;;. The van der Waals surface area contributed by atoms with E-state index in [2.05, 4.69) is 0 Å². The molecule has 1 nitrogen and oxygen atoms in total. The zero-order valence-electron chi connectivity index (χ0n) is 2.23. The van der Waals surface area contributed by atoms with Crippen LogP contribution in [0.2, 0.25) is 0 Å². The van der Waals surface area contributed by atoms with Gasteiger partial charge in [0.1, 0.15) is 0 Å². The van der Waals surface area contributed by atoms with Crippen molar-refractivity contribution in [1.29, 1.82) is 0 Å². The summed E-state index contributed by atoms with van der Waals surface area (Å²) in [4.78, 5) is 0. The molecule has 0 aromatic rings. The summed E-state index contributed by atoms with van der Waals surface area (Å²) < 4.78 is 0. The first-order valence-electron chi connectivity index (χ1n) is 0. The molecule has 2 radical (unpaired) electrons. The van der Waals surface area contributed by atoms with Gasteiger partial charge in [-0.25, -0.2) is 0 Å². The van der Waals surface area contributed by atoms with Crippen molar-refractivity contribution in [1.82, 2.24) is 0 Å². The molecule has 8 heavy (non-hydrogen) atoms. The summed E-state index contributed by atoms with van der Waals surface area (Å²) in [6.07, 6.45) is 0. The van der Waals surface area contributed by atoms with Gasteiger partial charge in [-0.15, -0.1) is 0 Å². The van der Waals surface area contributed by atoms with Crippen LogP contribution in [-0.4, -0.2) is 43.2 Å². The van der Waals surface area contributed by atoms with E-state index in [4.69, 9.17) is 0 Å². The minimum Gasteiger partial charge on any atom is 0 e. The Morgan fingerprint density at radius 1 is 0.750 bits per heavy atom. The number of hydrogen-bond acceptors (Lipinski definition) is 0. The Labute approximate surface area is 126 Å². The molecule has 0 unspecified atom stereocenters. The second-order valence-corrected chi connectivity index (χ2v) is 0. The minimum absolute atomic E-state index is 0. The van der Waals surface area contributed by atoms with Gasteiger partial charge >= 0.3 is 37.7 Å². The van der Waals surface area contributed by atoms with E-state index in [0.717, 1.165) is 0 Å². The summed E-state index contributed by atoms with van der Waals surface area (Å²) in [5.41, 5.74) is 0. The molecule has 0 atom stereocenters. The molecule has 0 saturated carbocycles. The SMILES string of the molecule is O.[Co].[Fe].[Fe].[LiH].[LiH].[Mn].[Ni]. The van der Waals surface area contributed by atoms with Crippen LogP contribution in [0.4, 0.5) is 0 Å². The van der Waals surface area contributed by atoms with Gasteiger partial charge in [-0.2, -0.15) is 0 Å².